The van der Waals surface area contributed by atoms with E-state index in [1.165, 1.54) is 5.56 Å². The van der Waals surface area contributed by atoms with Gasteiger partial charge in [0.05, 0.1) is 11.0 Å². The van der Waals surface area contributed by atoms with Crippen LogP contribution in [-0.4, -0.2) is 9.55 Å². The van der Waals surface area contributed by atoms with Gasteiger partial charge in [0.25, 0.3) is 0 Å². The van der Waals surface area contributed by atoms with Gasteiger partial charge in [-0.2, -0.15) is 0 Å². The molecule has 0 bridgehead atoms. The Morgan fingerprint density at radius 2 is 2.00 bits per heavy atom. The van der Waals surface area contributed by atoms with Gasteiger partial charge in [0.1, 0.15) is 5.82 Å². The minimum absolute atomic E-state index is 0.548. The largest absolute Gasteiger partial charge is 0.327 e. The SMILES string of the molecule is Cc1ccc(Br)cc1-c1nc2ccc(CN)cc2n1C. The minimum atomic E-state index is 0.548. The van der Waals surface area contributed by atoms with Crippen molar-refractivity contribution >= 4 is 27.0 Å². The molecule has 0 radical (unpaired) electrons. The number of hydrogen-bond donors (Lipinski definition) is 1. The molecule has 0 saturated heterocycles. The highest BCUT2D eigenvalue weighted by molar-refractivity contribution is 9.10. The van der Waals surface area contributed by atoms with E-state index in [0.717, 1.165) is 32.5 Å². The summed E-state index contributed by atoms with van der Waals surface area (Å²) in [7, 11) is 2.05. The number of fused-ring (bicyclic) bond motifs is 1. The van der Waals surface area contributed by atoms with Crippen LogP contribution in [0.3, 0.4) is 0 Å². The van der Waals surface area contributed by atoms with Crippen LogP contribution in [-0.2, 0) is 13.6 Å². The topological polar surface area (TPSA) is 43.8 Å². The molecule has 20 heavy (non-hydrogen) atoms. The van der Waals surface area contributed by atoms with Crippen molar-refractivity contribution in [3.8, 4) is 11.4 Å². The number of rotatable bonds is 2. The Morgan fingerprint density at radius 1 is 1.20 bits per heavy atom. The van der Waals surface area contributed by atoms with Crippen LogP contribution >= 0.6 is 15.9 Å². The summed E-state index contributed by atoms with van der Waals surface area (Å²) in [5.74, 6) is 0.980. The number of nitrogens with two attached hydrogens (primary N) is 1. The van der Waals surface area contributed by atoms with Gasteiger partial charge in [0, 0.05) is 23.6 Å². The second-order valence-corrected chi connectivity index (χ2v) is 5.90. The van der Waals surface area contributed by atoms with Crippen LogP contribution < -0.4 is 5.73 Å². The Balaban J connectivity index is 2.26. The van der Waals surface area contributed by atoms with E-state index in [1.54, 1.807) is 0 Å². The van der Waals surface area contributed by atoms with Gasteiger partial charge in [-0.15, -0.1) is 0 Å². The number of aromatic nitrogens is 2. The lowest BCUT2D eigenvalue weighted by Gasteiger charge is -2.07. The molecule has 3 nitrogen and oxygen atoms in total. The summed E-state index contributed by atoms with van der Waals surface area (Å²) in [6, 6.07) is 12.4. The Hall–Kier alpha value is -1.65. The normalized spacial score (nSPS) is 11.2. The fraction of sp³-hybridized carbons (Fsp3) is 0.188. The fourth-order valence-electron chi connectivity index (χ4n) is 2.44. The molecule has 3 aromatic rings. The van der Waals surface area contributed by atoms with Crippen molar-refractivity contribution in [3.05, 3.63) is 52.0 Å². The standard InChI is InChI=1S/C16H16BrN3/c1-10-3-5-12(17)8-13(10)16-19-14-6-4-11(9-18)7-15(14)20(16)2/h3-8H,9,18H2,1-2H3. The van der Waals surface area contributed by atoms with E-state index >= 15 is 0 Å². The molecule has 1 heterocycles. The number of benzene rings is 2. The summed E-state index contributed by atoms with van der Waals surface area (Å²) in [5, 5.41) is 0. The van der Waals surface area contributed by atoms with Gasteiger partial charge < -0.3 is 10.3 Å². The van der Waals surface area contributed by atoms with Gasteiger partial charge >= 0.3 is 0 Å². The van der Waals surface area contributed by atoms with Crippen LogP contribution in [0.5, 0.6) is 0 Å². The molecule has 0 aliphatic rings. The average Bonchev–Trinajstić information content (AvgIpc) is 2.78. The molecule has 102 valence electrons. The zero-order chi connectivity index (χ0) is 14.3. The summed E-state index contributed by atoms with van der Waals surface area (Å²) in [4.78, 5) is 4.76. The van der Waals surface area contributed by atoms with Crippen LogP contribution in [0.15, 0.2) is 40.9 Å². The highest BCUT2D eigenvalue weighted by atomic mass is 79.9. The number of aryl methyl sites for hydroxylation is 2. The van der Waals surface area contributed by atoms with Gasteiger partial charge in [-0.3, -0.25) is 0 Å². The number of nitrogens with zero attached hydrogens (tertiary/aromatic N) is 2. The fourth-order valence-corrected chi connectivity index (χ4v) is 2.80. The van der Waals surface area contributed by atoms with E-state index in [9.17, 15) is 0 Å². The van der Waals surface area contributed by atoms with Gasteiger partial charge in [0.2, 0.25) is 0 Å². The number of imidazole rings is 1. The molecule has 0 saturated carbocycles. The van der Waals surface area contributed by atoms with Crippen LogP contribution in [0.1, 0.15) is 11.1 Å². The Kier molecular flexibility index (Phi) is 3.36. The van der Waals surface area contributed by atoms with E-state index in [0.29, 0.717) is 6.54 Å². The Morgan fingerprint density at radius 3 is 2.75 bits per heavy atom. The monoisotopic (exact) mass is 329 g/mol. The highest BCUT2D eigenvalue weighted by Crippen LogP contribution is 2.29. The van der Waals surface area contributed by atoms with Gasteiger partial charge in [0.15, 0.2) is 0 Å². The number of halogens is 1. The second kappa shape index (κ2) is 5.04. The first-order valence-corrected chi connectivity index (χ1v) is 7.31. The predicted octanol–water partition coefficient (Wildman–Crippen LogP) is 3.77. The number of hydrogen-bond acceptors (Lipinski definition) is 2. The smallest absolute Gasteiger partial charge is 0.141 e. The summed E-state index contributed by atoms with van der Waals surface area (Å²) in [6.45, 7) is 2.65. The molecule has 0 atom stereocenters. The van der Waals surface area contributed by atoms with E-state index < -0.39 is 0 Å². The highest BCUT2D eigenvalue weighted by Gasteiger charge is 2.12. The third kappa shape index (κ3) is 2.15. The van der Waals surface area contributed by atoms with Crippen LogP contribution in [0.25, 0.3) is 22.4 Å². The molecule has 4 heteroatoms. The minimum Gasteiger partial charge on any atom is -0.327 e. The van der Waals surface area contributed by atoms with Crippen molar-refractivity contribution < 1.29 is 0 Å². The first kappa shape index (κ1) is 13.3. The molecule has 0 unspecified atom stereocenters. The van der Waals surface area contributed by atoms with E-state index in [-0.39, 0.29) is 0 Å². The molecule has 0 aliphatic carbocycles. The first-order chi connectivity index (χ1) is 9.60. The second-order valence-electron chi connectivity index (χ2n) is 4.98. The summed E-state index contributed by atoms with van der Waals surface area (Å²) in [5.41, 5.74) is 11.3. The van der Waals surface area contributed by atoms with Crippen molar-refractivity contribution in [3.63, 3.8) is 0 Å². The van der Waals surface area contributed by atoms with Crippen LogP contribution in [0.4, 0.5) is 0 Å². The third-order valence-corrected chi connectivity index (χ3v) is 4.11. The van der Waals surface area contributed by atoms with Crippen molar-refractivity contribution in [1.29, 1.82) is 0 Å². The molecule has 2 N–H and O–H groups in total. The molecular formula is C16H16BrN3. The van der Waals surface area contributed by atoms with Gasteiger partial charge in [-0.05, 0) is 42.3 Å². The maximum Gasteiger partial charge on any atom is 0.141 e. The van der Waals surface area contributed by atoms with Crippen LogP contribution in [0, 0.1) is 6.92 Å². The van der Waals surface area contributed by atoms with Crippen molar-refractivity contribution in [2.24, 2.45) is 12.8 Å². The molecule has 0 spiro atoms. The summed E-state index contributed by atoms with van der Waals surface area (Å²) >= 11 is 3.53. The van der Waals surface area contributed by atoms with Gasteiger partial charge in [-0.25, -0.2) is 4.98 Å². The van der Waals surface area contributed by atoms with Crippen molar-refractivity contribution in [2.75, 3.05) is 0 Å². The molecular weight excluding hydrogens is 314 g/mol. The molecule has 0 fully saturated rings. The average molecular weight is 330 g/mol. The van der Waals surface area contributed by atoms with E-state index in [2.05, 4.69) is 45.6 Å². The lowest BCUT2D eigenvalue weighted by atomic mass is 10.1. The summed E-state index contributed by atoms with van der Waals surface area (Å²) < 4.78 is 3.19. The molecule has 2 aromatic carbocycles. The first-order valence-electron chi connectivity index (χ1n) is 6.52. The predicted molar refractivity (Wildman–Crippen MR) is 86.5 cm³/mol. The van der Waals surface area contributed by atoms with E-state index in [4.69, 9.17) is 10.7 Å². The molecule has 0 amide bonds. The maximum atomic E-state index is 5.72. The van der Waals surface area contributed by atoms with Crippen molar-refractivity contribution in [2.45, 2.75) is 13.5 Å². The molecule has 3 rings (SSSR count). The molecule has 0 aliphatic heterocycles. The van der Waals surface area contributed by atoms with Crippen LogP contribution in [0.2, 0.25) is 0 Å². The van der Waals surface area contributed by atoms with Crippen molar-refractivity contribution in [1.82, 2.24) is 9.55 Å². The van der Waals surface area contributed by atoms with Gasteiger partial charge in [-0.1, -0.05) is 28.1 Å². The van der Waals surface area contributed by atoms with E-state index in [1.807, 2.05) is 25.2 Å². The Labute approximate surface area is 126 Å². The zero-order valence-corrected chi connectivity index (χ0v) is 13.1. The summed E-state index contributed by atoms with van der Waals surface area (Å²) in [6.07, 6.45) is 0. The lowest BCUT2D eigenvalue weighted by Crippen LogP contribution is -1.97. The zero-order valence-electron chi connectivity index (χ0n) is 11.5. The Bertz CT molecular complexity index is 790. The third-order valence-electron chi connectivity index (χ3n) is 3.62. The quantitative estimate of drug-likeness (QED) is 0.777. The lowest BCUT2D eigenvalue weighted by molar-refractivity contribution is 0.954. The molecule has 1 aromatic heterocycles. The maximum absolute atomic E-state index is 5.72.